The predicted octanol–water partition coefficient (Wildman–Crippen LogP) is 3.99. The van der Waals surface area contributed by atoms with Gasteiger partial charge in [-0.3, -0.25) is 4.90 Å². The highest BCUT2D eigenvalue weighted by atomic mass is 32.1. The quantitative estimate of drug-likeness (QED) is 0.731. The first kappa shape index (κ1) is 19.7. The molecular weight excluding hydrogens is 356 g/mol. The minimum atomic E-state index is -0.0387. The lowest BCUT2D eigenvalue weighted by Crippen LogP contribution is -2.26. The number of hydrogen-bond donors (Lipinski definition) is 1. The molecular formula is C17H26N4O2S2. The van der Waals surface area contributed by atoms with Crippen LogP contribution in [0.5, 0.6) is 11.5 Å². The van der Waals surface area contributed by atoms with E-state index >= 15 is 0 Å². The summed E-state index contributed by atoms with van der Waals surface area (Å²) in [5, 5.41) is 8.78. The van der Waals surface area contributed by atoms with E-state index in [1.165, 1.54) is 11.3 Å². The largest absolute Gasteiger partial charge is 0.493 e. The van der Waals surface area contributed by atoms with Gasteiger partial charge in [-0.05, 0) is 57.7 Å². The first-order valence-electron chi connectivity index (χ1n) is 7.97. The molecule has 6 nitrogen and oxygen atoms in total. The van der Waals surface area contributed by atoms with Crippen molar-refractivity contribution < 1.29 is 9.47 Å². The van der Waals surface area contributed by atoms with Crippen molar-refractivity contribution in [2.75, 3.05) is 26.6 Å². The smallest absolute Gasteiger partial charge is 0.205 e. The van der Waals surface area contributed by atoms with Crippen molar-refractivity contribution in [3.63, 3.8) is 0 Å². The van der Waals surface area contributed by atoms with Crippen molar-refractivity contribution >= 4 is 28.7 Å². The van der Waals surface area contributed by atoms with Gasteiger partial charge in [-0.25, -0.2) is 4.68 Å². The van der Waals surface area contributed by atoms with Crippen molar-refractivity contribution in [1.29, 1.82) is 0 Å². The van der Waals surface area contributed by atoms with E-state index in [2.05, 4.69) is 36.1 Å². The molecule has 8 heteroatoms. The van der Waals surface area contributed by atoms with E-state index in [0.29, 0.717) is 6.67 Å². The van der Waals surface area contributed by atoms with Crippen LogP contribution < -0.4 is 14.8 Å². The predicted molar refractivity (Wildman–Crippen MR) is 105 cm³/mol. The summed E-state index contributed by atoms with van der Waals surface area (Å²) in [6.07, 6.45) is 0. The standard InChI is InChI=1S/C17H26N4O2S2/c1-17(2,3)18-15-19-21(16(24)25-15)11-20(4)10-12-7-8-13(22-5)14(9-12)23-6/h7-9H,10-11H2,1-6H3,(H,18,19). The van der Waals surface area contributed by atoms with Crippen LogP contribution in [-0.4, -0.2) is 41.5 Å². The van der Waals surface area contributed by atoms with Crippen LogP contribution in [0.15, 0.2) is 18.2 Å². The van der Waals surface area contributed by atoms with Crippen molar-refractivity contribution in [1.82, 2.24) is 14.7 Å². The van der Waals surface area contributed by atoms with E-state index in [1.807, 2.05) is 29.9 Å². The molecule has 1 aromatic heterocycles. The molecule has 0 spiro atoms. The van der Waals surface area contributed by atoms with E-state index in [0.717, 1.165) is 32.7 Å². The number of ether oxygens (including phenoxy) is 2. The third-order valence-electron chi connectivity index (χ3n) is 3.36. The van der Waals surface area contributed by atoms with Gasteiger partial charge in [0.05, 0.1) is 20.9 Å². The number of nitrogens with one attached hydrogen (secondary N) is 1. The van der Waals surface area contributed by atoms with Crippen LogP contribution in [0.25, 0.3) is 0 Å². The fraction of sp³-hybridized carbons (Fsp3) is 0.529. The van der Waals surface area contributed by atoms with Gasteiger partial charge in [-0.1, -0.05) is 17.4 Å². The molecule has 0 unspecified atom stereocenters. The molecule has 0 saturated carbocycles. The molecule has 1 heterocycles. The Hall–Kier alpha value is -1.64. The van der Waals surface area contributed by atoms with Gasteiger partial charge in [0, 0.05) is 12.1 Å². The van der Waals surface area contributed by atoms with Gasteiger partial charge in [-0.15, -0.1) is 5.10 Å². The van der Waals surface area contributed by atoms with Crippen molar-refractivity contribution in [3.05, 3.63) is 27.7 Å². The molecule has 1 aromatic carbocycles. The molecule has 0 atom stereocenters. The average molecular weight is 383 g/mol. The monoisotopic (exact) mass is 382 g/mol. The Morgan fingerprint density at radius 1 is 1.24 bits per heavy atom. The minimum Gasteiger partial charge on any atom is -0.493 e. The average Bonchev–Trinajstić information content (AvgIpc) is 2.84. The van der Waals surface area contributed by atoms with E-state index in [4.69, 9.17) is 21.7 Å². The van der Waals surface area contributed by atoms with Crippen molar-refractivity contribution in [2.45, 2.75) is 39.5 Å². The van der Waals surface area contributed by atoms with Crippen LogP contribution in [-0.2, 0) is 13.2 Å². The second kappa shape index (κ2) is 8.16. The lowest BCUT2D eigenvalue weighted by Gasteiger charge is -2.19. The van der Waals surface area contributed by atoms with E-state index in [-0.39, 0.29) is 5.54 Å². The third-order valence-corrected chi connectivity index (χ3v) is 4.59. The van der Waals surface area contributed by atoms with Crippen LogP contribution in [0.2, 0.25) is 0 Å². The zero-order chi connectivity index (χ0) is 18.6. The van der Waals surface area contributed by atoms with E-state index in [1.54, 1.807) is 14.2 Å². The van der Waals surface area contributed by atoms with Gasteiger partial charge in [0.15, 0.2) is 15.5 Å². The second-order valence-electron chi connectivity index (χ2n) is 6.89. The van der Waals surface area contributed by atoms with Crippen molar-refractivity contribution in [2.24, 2.45) is 0 Å². The Bertz CT molecular complexity index is 765. The summed E-state index contributed by atoms with van der Waals surface area (Å²) in [5.74, 6) is 1.46. The molecule has 25 heavy (non-hydrogen) atoms. The zero-order valence-corrected chi connectivity index (χ0v) is 17.3. The first-order valence-corrected chi connectivity index (χ1v) is 9.20. The molecule has 0 aliphatic heterocycles. The van der Waals surface area contributed by atoms with Gasteiger partial charge >= 0.3 is 0 Å². The summed E-state index contributed by atoms with van der Waals surface area (Å²) >= 11 is 6.93. The Morgan fingerprint density at radius 3 is 2.52 bits per heavy atom. The lowest BCUT2D eigenvalue weighted by molar-refractivity contribution is 0.245. The third kappa shape index (κ3) is 5.69. The summed E-state index contributed by atoms with van der Waals surface area (Å²) < 4.78 is 13.2. The highest BCUT2D eigenvalue weighted by Gasteiger charge is 2.14. The number of methoxy groups -OCH3 is 2. The summed E-state index contributed by atoms with van der Waals surface area (Å²) in [6, 6.07) is 5.94. The van der Waals surface area contributed by atoms with E-state index in [9.17, 15) is 0 Å². The molecule has 2 rings (SSSR count). The molecule has 0 amide bonds. The molecule has 0 radical (unpaired) electrons. The molecule has 1 N–H and O–H groups in total. The van der Waals surface area contributed by atoms with Crippen molar-refractivity contribution in [3.8, 4) is 11.5 Å². The first-order chi connectivity index (χ1) is 11.7. The fourth-order valence-electron chi connectivity index (χ4n) is 2.34. The lowest BCUT2D eigenvalue weighted by atomic mass is 10.1. The number of nitrogens with zero attached hydrogens (tertiary/aromatic N) is 3. The number of anilines is 1. The normalized spacial score (nSPS) is 11.6. The van der Waals surface area contributed by atoms with E-state index < -0.39 is 0 Å². The Morgan fingerprint density at radius 2 is 1.92 bits per heavy atom. The fourth-order valence-corrected chi connectivity index (χ4v) is 3.54. The minimum absolute atomic E-state index is 0.0387. The molecule has 0 fully saturated rings. The van der Waals surface area contributed by atoms with Crippen LogP contribution in [0.3, 0.4) is 0 Å². The summed E-state index contributed by atoms with van der Waals surface area (Å²) in [4.78, 5) is 2.15. The zero-order valence-electron chi connectivity index (χ0n) is 15.6. The molecule has 0 saturated heterocycles. The van der Waals surface area contributed by atoms with Gasteiger partial charge in [0.2, 0.25) is 5.13 Å². The summed E-state index contributed by atoms with van der Waals surface area (Å²) in [6.45, 7) is 7.68. The van der Waals surface area contributed by atoms with Crippen LogP contribution in [0.1, 0.15) is 26.3 Å². The number of rotatable bonds is 7. The molecule has 0 aliphatic carbocycles. The van der Waals surface area contributed by atoms with Crippen LogP contribution in [0.4, 0.5) is 5.13 Å². The summed E-state index contributed by atoms with van der Waals surface area (Å²) in [7, 11) is 5.31. The van der Waals surface area contributed by atoms with Gasteiger partial charge in [0.1, 0.15) is 0 Å². The molecule has 0 bridgehead atoms. The Labute approximate surface area is 158 Å². The van der Waals surface area contributed by atoms with Gasteiger partial charge in [0.25, 0.3) is 0 Å². The second-order valence-corrected chi connectivity index (χ2v) is 8.52. The number of benzene rings is 1. The maximum atomic E-state index is 5.43. The van der Waals surface area contributed by atoms with Crippen LogP contribution >= 0.6 is 23.6 Å². The Kier molecular flexibility index (Phi) is 6.42. The SMILES string of the molecule is COc1ccc(CN(C)Cn2nc(NC(C)(C)C)sc2=S)cc1OC. The van der Waals surface area contributed by atoms with Gasteiger partial charge in [-0.2, -0.15) is 0 Å². The maximum Gasteiger partial charge on any atom is 0.205 e. The molecule has 138 valence electrons. The number of hydrogen-bond acceptors (Lipinski definition) is 7. The Balaban J connectivity index is 2.05. The topological polar surface area (TPSA) is 51.5 Å². The van der Waals surface area contributed by atoms with Gasteiger partial charge < -0.3 is 14.8 Å². The molecule has 2 aromatic rings. The maximum absolute atomic E-state index is 5.43. The molecule has 0 aliphatic rings. The highest BCUT2D eigenvalue weighted by molar-refractivity contribution is 7.73. The highest BCUT2D eigenvalue weighted by Crippen LogP contribution is 2.28. The summed E-state index contributed by atoms with van der Waals surface area (Å²) in [5.41, 5.74) is 1.10. The van der Waals surface area contributed by atoms with Crippen LogP contribution in [0, 0.1) is 3.95 Å². The number of aromatic nitrogens is 2.